The summed E-state index contributed by atoms with van der Waals surface area (Å²) in [5, 5.41) is 12.9. The minimum atomic E-state index is -0.104. The summed E-state index contributed by atoms with van der Waals surface area (Å²) in [4.78, 5) is 12.4. The molecule has 0 fully saturated rings. The number of thioether (sulfide) groups is 1. The molecule has 8 heteroatoms. The van der Waals surface area contributed by atoms with Crippen LogP contribution in [0.5, 0.6) is 5.75 Å². The molecule has 1 aromatic heterocycles. The fourth-order valence-corrected chi connectivity index (χ4v) is 3.61. The zero-order valence-electron chi connectivity index (χ0n) is 16.6. The molecule has 1 N–H and O–H groups in total. The van der Waals surface area contributed by atoms with Crippen LogP contribution < -0.4 is 10.1 Å². The third-order valence-corrected chi connectivity index (χ3v) is 5.29. The molecule has 0 saturated carbocycles. The molecule has 2 aromatic carbocycles. The number of methoxy groups -OCH3 is 1. The number of hydrogen-bond acceptors (Lipinski definition) is 5. The van der Waals surface area contributed by atoms with Crippen LogP contribution in [0.3, 0.4) is 0 Å². The Bertz CT molecular complexity index is 956. The number of carbonyl (C=O) groups excluding carboxylic acids is 1. The fourth-order valence-electron chi connectivity index (χ4n) is 2.74. The van der Waals surface area contributed by atoms with Gasteiger partial charge in [0.05, 0.1) is 12.9 Å². The lowest BCUT2D eigenvalue weighted by atomic mass is 10.2. The molecule has 1 amide bonds. The zero-order chi connectivity index (χ0) is 20.8. The van der Waals surface area contributed by atoms with Crippen molar-refractivity contribution in [3.8, 4) is 17.1 Å². The molecule has 29 heavy (non-hydrogen) atoms. The Balaban J connectivity index is 1.70. The lowest BCUT2D eigenvalue weighted by Crippen LogP contribution is -2.15. The molecule has 1 heterocycles. The molecular weight excluding hydrogens is 408 g/mol. The molecule has 3 rings (SSSR count). The number of ether oxygens (including phenoxy) is 1. The van der Waals surface area contributed by atoms with Crippen molar-refractivity contribution >= 4 is 35.0 Å². The maximum Gasteiger partial charge on any atom is 0.234 e. The first-order valence-electron chi connectivity index (χ1n) is 9.22. The largest absolute Gasteiger partial charge is 0.497 e. The molecule has 0 aliphatic rings. The Morgan fingerprint density at radius 3 is 2.45 bits per heavy atom. The summed E-state index contributed by atoms with van der Waals surface area (Å²) in [7, 11) is 1.61. The molecule has 3 aromatic rings. The predicted molar refractivity (Wildman–Crippen MR) is 118 cm³/mol. The van der Waals surface area contributed by atoms with Gasteiger partial charge >= 0.3 is 0 Å². The van der Waals surface area contributed by atoms with Crippen LogP contribution in [-0.4, -0.2) is 33.5 Å². The van der Waals surface area contributed by atoms with Gasteiger partial charge in [-0.1, -0.05) is 37.2 Å². The number of amides is 1. The number of benzene rings is 2. The van der Waals surface area contributed by atoms with Crippen molar-refractivity contribution in [3.63, 3.8) is 0 Å². The molecule has 0 bridgehead atoms. The van der Waals surface area contributed by atoms with Crippen LogP contribution in [0, 0.1) is 5.92 Å². The second kappa shape index (κ2) is 9.80. The Morgan fingerprint density at radius 2 is 1.83 bits per heavy atom. The first kappa shape index (κ1) is 21.2. The number of anilines is 1. The van der Waals surface area contributed by atoms with Gasteiger partial charge in [0.25, 0.3) is 0 Å². The highest BCUT2D eigenvalue weighted by Gasteiger charge is 2.16. The predicted octanol–water partition coefficient (Wildman–Crippen LogP) is 4.99. The molecule has 6 nitrogen and oxygen atoms in total. The highest BCUT2D eigenvalue weighted by atomic mass is 35.5. The summed E-state index contributed by atoms with van der Waals surface area (Å²) >= 11 is 7.37. The van der Waals surface area contributed by atoms with Crippen molar-refractivity contribution in [1.29, 1.82) is 0 Å². The van der Waals surface area contributed by atoms with Crippen molar-refractivity contribution in [2.24, 2.45) is 5.92 Å². The normalized spacial score (nSPS) is 10.9. The van der Waals surface area contributed by atoms with E-state index in [1.165, 1.54) is 11.8 Å². The quantitative estimate of drug-likeness (QED) is 0.509. The van der Waals surface area contributed by atoms with Gasteiger partial charge in [-0.25, -0.2) is 0 Å². The Morgan fingerprint density at radius 1 is 1.14 bits per heavy atom. The lowest BCUT2D eigenvalue weighted by Gasteiger charge is -2.12. The third kappa shape index (κ3) is 5.74. The van der Waals surface area contributed by atoms with E-state index in [0.29, 0.717) is 16.1 Å². The second-order valence-corrected chi connectivity index (χ2v) is 8.26. The van der Waals surface area contributed by atoms with Crippen LogP contribution in [0.15, 0.2) is 53.7 Å². The van der Waals surface area contributed by atoms with Gasteiger partial charge in [-0.2, -0.15) is 0 Å². The number of hydrogen-bond donors (Lipinski definition) is 1. The van der Waals surface area contributed by atoms with E-state index in [1.54, 1.807) is 31.4 Å². The zero-order valence-corrected chi connectivity index (χ0v) is 18.1. The smallest absolute Gasteiger partial charge is 0.234 e. The highest BCUT2D eigenvalue weighted by Crippen LogP contribution is 2.26. The number of carbonyl (C=O) groups is 1. The van der Waals surface area contributed by atoms with Crippen molar-refractivity contribution in [1.82, 2.24) is 14.8 Å². The van der Waals surface area contributed by atoms with Crippen molar-refractivity contribution < 1.29 is 9.53 Å². The van der Waals surface area contributed by atoms with Gasteiger partial charge in [-0.05, 0) is 54.4 Å². The van der Waals surface area contributed by atoms with E-state index in [2.05, 4.69) is 33.9 Å². The van der Waals surface area contributed by atoms with Crippen LogP contribution in [-0.2, 0) is 11.3 Å². The Labute approximate surface area is 179 Å². The minimum absolute atomic E-state index is 0.104. The van der Waals surface area contributed by atoms with E-state index in [0.717, 1.165) is 29.4 Å². The van der Waals surface area contributed by atoms with Gasteiger partial charge in [0.15, 0.2) is 11.0 Å². The van der Waals surface area contributed by atoms with Crippen molar-refractivity contribution in [2.75, 3.05) is 18.2 Å². The number of nitrogens with one attached hydrogen (secondary N) is 1. The van der Waals surface area contributed by atoms with Gasteiger partial charge in [0.1, 0.15) is 5.75 Å². The Hall–Kier alpha value is -2.51. The Kier molecular flexibility index (Phi) is 7.17. The van der Waals surface area contributed by atoms with Gasteiger partial charge in [-0.15, -0.1) is 10.2 Å². The van der Waals surface area contributed by atoms with Crippen LogP contribution in [0.1, 0.15) is 13.8 Å². The molecular formula is C21H23ClN4O2S. The average molecular weight is 431 g/mol. The molecule has 0 aliphatic carbocycles. The first-order valence-corrected chi connectivity index (χ1v) is 10.6. The molecule has 0 aliphatic heterocycles. The van der Waals surface area contributed by atoms with E-state index in [4.69, 9.17) is 16.3 Å². The monoisotopic (exact) mass is 430 g/mol. The number of aromatic nitrogens is 3. The minimum Gasteiger partial charge on any atom is -0.497 e. The molecule has 0 atom stereocenters. The lowest BCUT2D eigenvalue weighted by molar-refractivity contribution is -0.113. The number of nitrogens with zero attached hydrogens (tertiary/aromatic N) is 3. The molecule has 152 valence electrons. The van der Waals surface area contributed by atoms with E-state index in [9.17, 15) is 4.79 Å². The van der Waals surface area contributed by atoms with Crippen molar-refractivity contribution in [2.45, 2.75) is 25.5 Å². The number of halogens is 1. The van der Waals surface area contributed by atoms with Gasteiger partial charge < -0.3 is 14.6 Å². The molecule has 0 unspecified atom stereocenters. The summed E-state index contributed by atoms with van der Waals surface area (Å²) in [6, 6.07) is 14.7. The van der Waals surface area contributed by atoms with Crippen LogP contribution in [0.2, 0.25) is 5.02 Å². The summed E-state index contributed by atoms with van der Waals surface area (Å²) in [6.07, 6.45) is 0. The maximum atomic E-state index is 12.4. The second-order valence-electron chi connectivity index (χ2n) is 6.88. The molecule has 0 spiro atoms. The number of rotatable bonds is 8. The summed E-state index contributed by atoms with van der Waals surface area (Å²) in [5.74, 6) is 2.06. The van der Waals surface area contributed by atoms with Gasteiger partial charge in [0.2, 0.25) is 5.91 Å². The van der Waals surface area contributed by atoms with Gasteiger partial charge in [0, 0.05) is 22.8 Å². The fraction of sp³-hybridized carbons (Fsp3) is 0.286. The van der Waals surface area contributed by atoms with Crippen LogP contribution in [0.4, 0.5) is 5.69 Å². The van der Waals surface area contributed by atoms with Crippen molar-refractivity contribution in [3.05, 3.63) is 53.6 Å². The SMILES string of the molecule is COc1ccc(NC(=O)CSc2nnc(-c3ccc(Cl)cc3)n2CC(C)C)cc1. The van der Waals surface area contributed by atoms with E-state index < -0.39 is 0 Å². The third-order valence-electron chi connectivity index (χ3n) is 4.07. The average Bonchev–Trinajstić information content (AvgIpc) is 3.09. The first-order chi connectivity index (χ1) is 14.0. The summed E-state index contributed by atoms with van der Waals surface area (Å²) in [5.41, 5.74) is 1.67. The maximum absolute atomic E-state index is 12.4. The molecule has 0 saturated heterocycles. The van der Waals surface area contributed by atoms with E-state index in [1.807, 2.05) is 24.3 Å². The highest BCUT2D eigenvalue weighted by molar-refractivity contribution is 7.99. The standard InChI is InChI=1S/C21H23ClN4O2S/c1-14(2)12-26-20(15-4-6-16(22)7-5-15)24-25-21(26)29-13-19(27)23-17-8-10-18(28-3)11-9-17/h4-11,14H,12-13H2,1-3H3,(H,23,27). The van der Waals surface area contributed by atoms with Crippen LogP contribution in [0.25, 0.3) is 11.4 Å². The van der Waals surface area contributed by atoms with Gasteiger partial charge in [-0.3, -0.25) is 4.79 Å². The topological polar surface area (TPSA) is 69.0 Å². The van der Waals surface area contributed by atoms with E-state index >= 15 is 0 Å². The summed E-state index contributed by atoms with van der Waals surface area (Å²) < 4.78 is 7.18. The summed E-state index contributed by atoms with van der Waals surface area (Å²) in [6.45, 7) is 5.03. The van der Waals surface area contributed by atoms with E-state index in [-0.39, 0.29) is 11.7 Å². The molecule has 0 radical (unpaired) electrons. The van der Waals surface area contributed by atoms with Crippen LogP contribution >= 0.6 is 23.4 Å².